The number of carbonyl (C=O) groups excluding carboxylic acids is 1. The maximum Gasteiger partial charge on any atom is 0.316 e. The zero-order valence-electron chi connectivity index (χ0n) is 8.88. The molecule has 16 heavy (non-hydrogen) atoms. The van der Waals surface area contributed by atoms with Gasteiger partial charge in [-0.1, -0.05) is 30.3 Å². The van der Waals surface area contributed by atoms with Crippen molar-refractivity contribution in [2.75, 3.05) is 0 Å². The molecule has 0 aliphatic carbocycles. The van der Waals surface area contributed by atoms with Gasteiger partial charge in [0.15, 0.2) is 0 Å². The summed E-state index contributed by atoms with van der Waals surface area (Å²) in [6.07, 6.45) is 0. The molecule has 0 spiro atoms. The molecule has 1 aliphatic heterocycles. The lowest BCUT2D eigenvalue weighted by atomic mass is 9.85. The number of aliphatic carboxylic acids is 1. The van der Waals surface area contributed by atoms with E-state index in [4.69, 9.17) is 5.11 Å². The van der Waals surface area contributed by atoms with Gasteiger partial charge >= 0.3 is 5.97 Å². The quantitative estimate of drug-likeness (QED) is 0.729. The lowest BCUT2D eigenvalue weighted by Crippen LogP contribution is -2.26. The summed E-state index contributed by atoms with van der Waals surface area (Å²) < 4.78 is 0. The molecule has 1 saturated heterocycles. The molecule has 0 saturated carbocycles. The number of amides is 1. The number of rotatable bonds is 2. The second kappa shape index (κ2) is 3.96. The summed E-state index contributed by atoms with van der Waals surface area (Å²) in [5, 5.41) is 11.7. The minimum atomic E-state index is -1.06. The van der Waals surface area contributed by atoms with Crippen molar-refractivity contribution in [1.29, 1.82) is 0 Å². The third kappa shape index (κ3) is 1.66. The SMILES string of the molecule is C[C@@H]1NC(=O)[C@H](C(=O)O)[C@H]1c1ccccc1. The van der Waals surface area contributed by atoms with E-state index in [0.717, 1.165) is 5.56 Å². The van der Waals surface area contributed by atoms with Gasteiger partial charge in [0.05, 0.1) is 0 Å². The third-order valence-corrected chi connectivity index (χ3v) is 3.00. The lowest BCUT2D eigenvalue weighted by Gasteiger charge is -2.17. The van der Waals surface area contributed by atoms with E-state index in [1.54, 1.807) is 0 Å². The molecule has 4 heteroatoms. The molecular weight excluding hydrogens is 206 g/mol. The fourth-order valence-corrected chi connectivity index (χ4v) is 2.28. The molecule has 1 amide bonds. The van der Waals surface area contributed by atoms with E-state index >= 15 is 0 Å². The van der Waals surface area contributed by atoms with E-state index in [1.165, 1.54) is 0 Å². The van der Waals surface area contributed by atoms with E-state index in [2.05, 4.69) is 5.32 Å². The molecule has 3 atom stereocenters. The summed E-state index contributed by atoms with van der Waals surface area (Å²) in [6, 6.07) is 9.15. The van der Waals surface area contributed by atoms with Gasteiger partial charge in [-0.3, -0.25) is 9.59 Å². The number of carboxylic acid groups (broad SMARTS) is 1. The second-order valence-corrected chi connectivity index (χ2v) is 4.05. The monoisotopic (exact) mass is 219 g/mol. The van der Waals surface area contributed by atoms with Gasteiger partial charge < -0.3 is 10.4 Å². The van der Waals surface area contributed by atoms with Gasteiger partial charge in [-0.2, -0.15) is 0 Å². The van der Waals surface area contributed by atoms with Crippen molar-refractivity contribution >= 4 is 11.9 Å². The van der Waals surface area contributed by atoms with Crippen molar-refractivity contribution in [3.8, 4) is 0 Å². The van der Waals surface area contributed by atoms with E-state index in [1.807, 2.05) is 37.3 Å². The van der Waals surface area contributed by atoms with Crippen molar-refractivity contribution < 1.29 is 14.7 Å². The van der Waals surface area contributed by atoms with Crippen molar-refractivity contribution in [2.45, 2.75) is 18.9 Å². The fraction of sp³-hybridized carbons (Fsp3) is 0.333. The van der Waals surface area contributed by atoms with Crippen LogP contribution in [0.1, 0.15) is 18.4 Å². The summed E-state index contributed by atoms with van der Waals surface area (Å²) in [5.74, 6) is -2.71. The van der Waals surface area contributed by atoms with Gasteiger partial charge in [-0.25, -0.2) is 0 Å². The van der Waals surface area contributed by atoms with Gasteiger partial charge in [0.2, 0.25) is 5.91 Å². The lowest BCUT2D eigenvalue weighted by molar-refractivity contribution is -0.145. The molecule has 2 rings (SSSR count). The molecule has 0 radical (unpaired) electrons. The first-order chi connectivity index (χ1) is 7.61. The van der Waals surface area contributed by atoms with Crippen LogP contribution in [0.2, 0.25) is 0 Å². The van der Waals surface area contributed by atoms with Crippen LogP contribution in [-0.4, -0.2) is 23.0 Å². The van der Waals surface area contributed by atoms with Gasteiger partial charge in [-0.15, -0.1) is 0 Å². The molecule has 84 valence electrons. The highest BCUT2D eigenvalue weighted by molar-refractivity contribution is 6.00. The Morgan fingerprint density at radius 3 is 2.50 bits per heavy atom. The molecule has 1 heterocycles. The van der Waals surface area contributed by atoms with Crippen LogP contribution in [0, 0.1) is 5.92 Å². The van der Waals surface area contributed by atoms with Crippen LogP contribution in [0.5, 0.6) is 0 Å². The highest BCUT2D eigenvalue weighted by Gasteiger charge is 2.45. The van der Waals surface area contributed by atoms with Crippen LogP contribution < -0.4 is 5.32 Å². The third-order valence-electron chi connectivity index (χ3n) is 3.00. The van der Waals surface area contributed by atoms with Crippen LogP contribution in [0.25, 0.3) is 0 Å². The van der Waals surface area contributed by atoms with Gasteiger partial charge in [-0.05, 0) is 12.5 Å². The molecule has 1 fully saturated rings. The Kier molecular flexibility index (Phi) is 2.64. The number of carbonyl (C=O) groups is 2. The summed E-state index contributed by atoms with van der Waals surface area (Å²) in [4.78, 5) is 22.6. The minimum absolute atomic E-state index is 0.143. The Bertz CT molecular complexity index is 416. The van der Waals surface area contributed by atoms with Gasteiger partial charge in [0, 0.05) is 12.0 Å². The van der Waals surface area contributed by atoms with Crippen molar-refractivity contribution in [3.05, 3.63) is 35.9 Å². The Labute approximate surface area is 93.3 Å². The molecule has 0 unspecified atom stereocenters. The standard InChI is InChI=1S/C12H13NO3/c1-7-9(8-5-3-2-4-6-8)10(12(15)16)11(14)13-7/h2-7,9-10H,1H3,(H,13,14)(H,15,16)/t7-,9+,10+/m0/s1. The van der Waals surface area contributed by atoms with Crippen molar-refractivity contribution in [2.24, 2.45) is 5.92 Å². The maximum absolute atomic E-state index is 11.5. The van der Waals surface area contributed by atoms with E-state index in [9.17, 15) is 9.59 Å². The minimum Gasteiger partial charge on any atom is -0.481 e. The number of hydrogen-bond acceptors (Lipinski definition) is 2. The second-order valence-electron chi connectivity index (χ2n) is 4.05. The molecule has 1 aromatic carbocycles. The first-order valence-corrected chi connectivity index (χ1v) is 5.19. The number of hydrogen-bond donors (Lipinski definition) is 2. The Hall–Kier alpha value is -1.84. The first kappa shape index (κ1) is 10.7. The predicted octanol–water partition coefficient (Wildman–Crippen LogP) is 0.989. The van der Waals surface area contributed by atoms with Crippen molar-refractivity contribution in [1.82, 2.24) is 5.32 Å². The molecule has 0 aromatic heterocycles. The van der Waals surface area contributed by atoms with E-state index in [-0.39, 0.29) is 12.0 Å². The Morgan fingerprint density at radius 1 is 1.31 bits per heavy atom. The summed E-state index contributed by atoms with van der Waals surface area (Å²) >= 11 is 0. The molecule has 1 aromatic rings. The normalized spacial score (nSPS) is 28.8. The van der Waals surface area contributed by atoms with Crippen LogP contribution >= 0.6 is 0 Å². The summed E-state index contributed by atoms with van der Waals surface area (Å²) in [7, 11) is 0. The smallest absolute Gasteiger partial charge is 0.316 e. The molecule has 2 N–H and O–H groups in total. The zero-order valence-corrected chi connectivity index (χ0v) is 8.88. The van der Waals surface area contributed by atoms with E-state index < -0.39 is 17.8 Å². The first-order valence-electron chi connectivity index (χ1n) is 5.19. The van der Waals surface area contributed by atoms with Crippen LogP contribution in [0.3, 0.4) is 0 Å². The largest absolute Gasteiger partial charge is 0.481 e. The molecule has 0 bridgehead atoms. The number of benzene rings is 1. The van der Waals surface area contributed by atoms with E-state index in [0.29, 0.717) is 0 Å². The Morgan fingerprint density at radius 2 is 1.94 bits per heavy atom. The maximum atomic E-state index is 11.5. The van der Waals surface area contributed by atoms with Crippen LogP contribution in [-0.2, 0) is 9.59 Å². The highest BCUT2D eigenvalue weighted by Crippen LogP contribution is 2.33. The summed E-state index contributed by atoms with van der Waals surface area (Å²) in [6.45, 7) is 1.83. The predicted molar refractivity (Wildman–Crippen MR) is 57.9 cm³/mol. The zero-order chi connectivity index (χ0) is 11.7. The number of carboxylic acids is 1. The topological polar surface area (TPSA) is 66.4 Å². The molecule has 4 nitrogen and oxygen atoms in total. The average Bonchev–Trinajstić information content (AvgIpc) is 2.55. The highest BCUT2D eigenvalue weighted by atomic mass is 16.4. The van der Waals surface area contributed by atoms with Crippen molar-refractivity contribution in [3.63, 3.8) is 0 Å². The fourth-order valence-electron chi connectivity index (χ4n) is 2.28. The van der Waals surface area contributed by atoms with Crippen LogP contribution in [0.4, 0.5) is 0 Å². The van der Waals surface area contributed by atoms with Gasteiger partial charge in [0.1, 0.15) is 5.92 Å². The number of nitrogens with one attached hydrogen (secondary N) is 1. The Balaban J connectivity index is 2.38. The summed E-state index contributed by atoms with van der Waals surface area (Å²) in [5.41, 5.74) is 0.890. The van der Waals surface area contributed by atoms with Crippen LogP contribution in [0.15, 0.2) is 30.3 Å². The molecular formula is C12H13NO3. The van der Waals surface area contributed by atoms with Gasteiger partial charge in [0.25, 0.3) is 0 Å². The average molecular weight is 219 g/mol. The molecule has 1 aliphatic rings.